The van der Waals surface area contributed by atoms with Crippen molar-refractivity contribution in [3.8, 4) is 0 Å². The summed E-state index contributed by atoms with van der Waals surface area (Å²) in [6.07, 6.45) is 5.11. The molecule has 0 amide bonds. The van der Waals surface area contributed by atoms with Crippen LogP contribution in [0.4, 0.5) is 0 Å². The number of nitrogens with zero attached hydrogens (tertiary/aromatic N) is 2. The molecule has 0 aliphatic carbocycles. The zero-order valence-electron chi connectivity index (χ0n) is 13.9. The maximum atomic E-state index is 4.69. The number of piperidine rings is 1. The molecule has 0 atom stereocenters. The molecule has 22 heavy (non-hydrogen) atoms. The number of aliphatic imine (C=N–C) groups is 1. The molecule has 1 saturated heterocycles. The van der Waals surface area contributed by atoms with Crippen molar-refractivity contribution in [1.82, 2.24) is 15.5 Å². The first kappa shape index (κ1) is 16.8. The van der Waals surface area contributed by atoms with Crippen molar-refractivity contribution in [2.45, 2.75) is 32.6 Å². The summed E-state index contributed by atoms with van der Waals surface area (Å²) in [4.78, 5) is 7.22. The van der Waals surface area contributed by atoms with E-state index in [0.29, 0.717) is 0 Å². The van der Waals surface area contributed by atoms with Crippen LogP contribution < -0.4 is 10.6 Å². The van der Waals surface area contributed by atoms with Crippen LogP contribution in [0.25, 0.3) is 0 Å². The van der Waals surface area contributed by atoms with E-state index in [2.05, 4.69) is 52.8 Å². The largest absolute Gasteiger partial charge is 0.357 e. The van der Waals surface area contributed by atoms with Crippen molar-refractivity contribution in [1.29, 1.82) is 0 Å². The van der Waals surface area contributed by atoms with E-state index in [4.69, 9.17) is 4.99 Å². The molecule has 1 aliphatic rings. The fourth-order valence-electron chi connectivity index (χ4n) is 2.80. The summed E-state index contributed by atoms with van der Waals surface area (Å²) >= 11 is 0. The van der Waals surface area contributed by atoms with E-state index in [9.17, 15) is 0 Å². The maximum Gasteiger partial charge on any atom is 0.191 e. The third kappa shape index (κ3) is 6.48. The average molecular weight is 302 g/mol. The Morgan fingerprint density at radius 3 is 2.59 bits per heavy atom. The van der Waals surface area contributed by atoms with Crippen LogP contribution in [0, 0.1) is 0 Å². The summed E-state index contributed by atoms with van der Waals surface area (Å²) in [7, 11) is 0. The summed E-state index contributed by atoms with van der Waals surface area (Å²) in [6.45, 7) is 8.37. The Balaban J connectivity index is 1.69. The van der Waals surface area contributed by atoms with Gasteiger partial charge in [0.15, 0.2) is 5.96 Å². The fourth-order valence-corrected chi connectivity index (χ4v) is 2.80. The lowest BCUT2D eigenvalue weighted by molar-refractivity contribution is 0.235. The van der Waals surface area contributed by atoms with Crippen molar-refractivity contribution in [2.75, 3.05) is 39.3 Å². The molecule has 1 fully saturated rings. The number of guanidine groups is 1. The molecule has 0 radical (unpaired) electrons. The third-order valence-corrected chi connectivity index (χ3v) is 4.03. The van der Waals surface area contributed by atoms with E-state index in [1.54, 1.807) is 0 Å². The minimum Gasteiger partial charge on any atom is -0.357 e. The van der Waals surface area contributed by atoms with Crippen molar-refractivity contribution in [2.24, 2.45) is 4.99 Å². The van der Waals surface area contributed by atoms with Gasteiger partial charge in [-0.15, -0.1) is 0 Å². The van der Waals surface area contributed by atoms with Crippen LogP contribution >= 0.6 is 0 Å². The van der Waals surface area contributed by atoms with Crippen LogP contribution in [0.2, 0.25) is 0 Å². The van der Waals surface area contributed by atoms with Gasteiger partial charge in [0.05, 0.1) is 6.54 Å². The first-order valence-electron chi connectivity index (χ1n) is 8.67. The van der Waals surface area contributed by atoms with Crippen LogP contribution in [0.15, 0.2) is 35.3 Å². The summed E-state index contributed by atoms with van der Waals surface area (Å²) in [5.41, 5.74) is 1.36. The molecule has 0 spiro atoms. The van der Waals surface area contributed by atoms with E-state index < -0.39 is 0 Å². The van der Waals surface area contributed by atoms with Gasteiger partial charge in [-0.3, -0.25) is 4.99 Å². The van der Waals surface area contributed by atoms with E-state index in [0.717, 1.165) is 38.6 Å². The predicted molar refractivity (Wildman–Crippen MR) is 94.4 cm³/mol. The molecule has 0 unspecified atom stereocenters. The van der Waals surface area contributed by atoms with Crippen LogP contribution in [0.3, 0.4) is 0 Å². The molecule has 4 nitrogen and oxygen atoms in total. The Hall–Kier alpha value is -1.55. The van der Waals surface area contributed by atoms with Gasteiger partial charge in [-0.25, -0.2) is 0 Å². The highest BCUT2D eigenvalue weighted by Gasteiger charge is 2.08. The topological polar surface area (TPSA) is 39.7 Å². The third-order valence-electron chi connectivity index (χ3n) is 4.03. The van der Waals surface area contributed by atoms with Gasteiger partial charge in [-0.1, -0.05) is 36.8 Å². The molecule has 0 saturated carbocycles. The molecule has 1 heterocycles. The molecule has 2 rings (SSSR count). The number of hydrogen-bond acceptors (Lipinski definition) is 2. The van der Waals surface area contributed by atoms with Crippen molar-refractivity contribution in [3.05, 3.63) is 35.9 Å². The lowest BCUT2D eigenvalue weighted by Crippen LogP contribution is -2.39. The Morgan fingerprint density at radius 1 is 1.09 bits per heavy atom. The molecule has 4 heteroatoms. The van der Waals surface area contributed by atoms with E-state index >= 15 is 0 Å². The van der Waals surface area contributed by atoms with Gasteiger partial charge in [0, 0.05) is 19.6 Å². The fraction of sp³-hybridized carbons (Fsp3) is 0.611. The number of nitrogens with one attached hydrogen (secondary N) is 2. The zero-order valence-corrected chi connectivity index (χ0v) is 13.9. The van der Waals surface area contributed by atoms with Crippen molar-refractivity contribution in [3.63, 3.8) is 0 Å². The van der Waals surface area contributed by atoms with Gasteiger partial charge in [-0.05, 0) is 44.8 Å². The van der Waals surface area contributed by atoms with E-state index in [1.807, 2.05) is 0 Å². The van der Waals surface area contributed by atoms with Gasteiger partial charge in [0.2, 0.25) is 0 Å². The molecule has 122 valence electrons. The summed E-state index contributed by atoms with van der Waals surface area (Å²) in [5, 5.41) is 6.75. The van der Waals surface area contributed by atoms with E-state index in [1.165, 1.54) is 37.9 Å². The number of hydrogen-bond donors (Lipinski definition) is 2. The normalized spacial score (nSPS) is 16.5. The Labute approximate surface area is 135 Å². The van der Waals surface area contributed by atoms with Crippen LogP contribution in [-0.2, 0) is 6.42 Å². The summed E-state index contributed by atoms with van der Waals surface area (Å²) < 4.78 is 0. The molecule has 1 aliphatic heterocycles. The summed E-state index contributed by atoms with van der Waals surface area (Å²) in [5.74, 6) is 0.940. The lowest BCUT2D eigenvalue weighted by Gasteiger charge is -2.25. The lowest BCUT2D eigenvalue weighted by atomic mass is 10.1. The minimum absolute atomic E-state index is 0.876. The van der Waals surface area contributed by atoms with Gasteiger partial charge >= 0.3 is 0 Å². The average Bonchev–Trinajstić information content (AvgIpc) is 2.57. The van der Waals surface area contributed by atoms with Crippen LogP contribution in [-0.4, -0.2) is 50.1 Å². The molecule has 0 aromatic heterocycles. The SMILES string of the molecule is CCNC(=NCCN1CCCCC1)NCCc1ccccc1. The Morgan fingerprint density at radius 2 is 1.86 bits per heavy atom. The quantitative estimate of drug-likeness (QED) is 0.599. The maximum absolute atomic E-state index is 4.69. The van der Waals surface area contributed by atoms with E-state index in [-0.39, 0.29) is 0 Å². The highest BCUT2D eigenvalue weighted by molar-refractivity contribution is 5.79. The zero-order chi connectivity index (χ0) is 15.5. The first-order chi connectivity index (χ1) is 10.9. The molecular weight excluding hydrogens is 272 g/mol. The van der Waals surface area contributed by atoms with Crippen LogP contribution in [0.5, 0.6) is 0 Å². The predicted octanol–water partition coefficient (Wildman–Crippen LogP) is 2.27. The number of benzene rings is 1. The smallest absolute Gasteiger partial charge is 0.191 e. The molecule has 1 aromatic rings. The first-order valence-corrected chi connectivity index (χ1v) is 8.67. The number of likely N-dealkylation sites (tertiary alicyclic amines) is 1. The van der Waals surface area contributed by atoms with Crippen molar-refractivity contribution >= 4 is 5.96 Å². The Kier molecular flexibility index (Phi) is 7.81. The number of rotatable bonds is 7. The van der Waals surface area contributed by atoms with Crippen LogP contribution in [0.1, 0.15) is 31.7 Å². The Bertz CT molecular complexity index is 424. The highest BCUT2D eigenvalue weighted by atomic mass is 15.2. The summed E-state index contributed by atoms with van der Waals surface area (Å²) in [6, 6.07) is 10.6. The molecule has 1 aromatic carbocycles. The molecule has 0 bridgehead atoms. The van der Waals surface area contributed by atoms with Gasteiger partial charge in [0.25, 0.3) is 0 Å². The second-order valence-corrected chi connectivity index (χ2v) is 5.83. The second kappa shape index (κ2) is 10.2. The molecule has 2 N–H and O–H groups in total. The van der Waals surface area contributed by atoms with Gasteiger partial charge < -0.3 is 15.5 Å². The van der Waals surface area contributed by atoms with Gasteiger partial charge in [0.1, 0.15) is 0 Å². The molecular formula is C18H30N4. The second-order valence-electron chi connectivity index (χ2n) is 5.83. The van der Waals surface area contributed by atoms with Crippen molar-refractivity contribution < 1.29 is 0 Å². The highest BCUT2D eigenvalue weighted by Crippen LogP contribution is 2.07. The monoisotopic (exact) mass is 302 g/mol. The minimum atomic E-state index is 0.876. The van der Waals surface area contributed by atoms with Gasteiger partial charge in [-0.2, -0.15) is 0 Å². The standard InChI is InChI=1S/C18H30N4/c1-2-19-18(20-12-11-17-9-5-3-6-10-17)21-13-16-22-14-7-4-8-15-22/h3,5-6,9-10H,2,4,7-8,11-16H2,1H3,(H2,19,20,21).